The molecule has 0 N–H and O–H groups in total. The van der Waals surface area contributed by atoms with E-state index in [1.165, 1.54) is 29.5 Å². The van der Waals surface area contributed by atoms with Crippen LogP contribution in [-0.4, -0.2) is 14.8 Å². The second-order valence-corrected chi connectivity index (χ2v) is 6.88. The molecular weight excluding hydrogens is 337 g/mol. The van der Waals surface area contributed by atoms with Gasteiger partial charge in [-0.15, -0.1) is 10.2 Å². The lowest BCUT2D eigenvalue weighted by Crippen LogP contribution is -2.05. The Hall–Kier alpha value is -2.34. The average Bonchev–Trinajstić information content (AvgIpc) is 2.92. The molecule has 1 aromatic heterocycles. The van der Waals surface area contributed by atoms with Crippen LogP contribution in [0.4, 0.5) is 4.39 Å². The topological polar surface area (TPSA) is 39.9 Å². The summed E-state index contributed by atoms with van der Waals surface area (Å²) in [4.78, 5) is 0. The van der Waals surface area contributed by atoms with Gasteiger partial charge in [0.05, 0.1) is 0 Å². The van der Waals surface area contributed by atoms with Gasteiger partial charge in [0.2, 0.25) is 0 Å². The average molecular weight is 357 g/mol. The molecule has 0 fully saturated rings. The lowest BCUT2D eigenvalue weighted by atomic mass is 10.1. The highest BCUT2D eigenvalue weighted by atomic mass is 32.2. The fourth-order valence-corrected chi connectivity index (χ4v) is 3.35. The molecule has 0 amide bonds. The van der Waals surface area contributed by atoms with Gasteiger partial charge in [-0.05, 0) is 43.2 Å². The van der Waals surface area contributed by atoms with Crippen molar-refractivity contribution in [3.63, 3.8) is 0 Å². The van der Waals surface area contributed by atoms with Crippen LogP contribution in [0.25, 0.3) is 0 Å². The van der Waals surface area contributed by atoms with Crippen LogP contribution >= 0.6 is 11.8 Å². The maximum Gasteiger partial charge on any atom is 0.191 e. The Morgan fingerprint density at radius 1 is 1.12 bits per heavy atom. The predicted molar refractivity (Wildman–Crippen MR) is 97.2 cm³/mol. The molecular formula is C19H20FN3OS. The fourth-order valence-electron chi connectivity index (χ4n) is 2.47. The molecule has 0 spiro atoms. The molecule has 0 unspecified atom stereocenters. The lowest BCUT2D eigenvalue weighted by molar-refractivity contribution is 0.288. The third-order valence-corrected chi connectivity index (χ3v) is 4.96. The summed E-state index contributed by atoms with van der Waals surface area (Å²) in [6.07, 6.45) is 0. The summed E-state index contributed by atoms with van der Waals surface area (Å²) in [5, 5.41) is 9.19. The second-order valence-electron chi connectivity index (χ2n) is 5.93. The van der Waals surface area contributed by atoms with E-state index in [-0.39, 0.29) is 5.82 Å². The first-order chi connectivity index (χ1) is 12.0. The fraction of sp³-hybridized carbons (Fsp3) is 0.263. The van der Waals surface area contributed by atoms with Crippen molar-refractivity contribution in [2.45, 2.75) is 31.4 Å². The van der Waals surface area contributed by atoms with Crippen molar-refractivity contribution >= 4 is 11.8 Å². The van der Waals surface area contributed by atoms with Gasteiger partial charge in [0.25, 0.3) is 0 Å². The number of thioether (sulfide) groups is 1. The smallest absolute Gasteiger partial charge is 0.191 e. The minimum atomic E-state index is -0.223. The highest BCUT2D eigenvalue weighted by molar-refractivity contribution is 7.98. The summed E-state index contributed by atoms with van der Waals surface area (Å²) in [5.41, 5.74) is 3.23. The zero-order valence-electron chi connectivity index (χ0n) is 14.5. The van der Waals surface area contributed by atoms with Crippen molar-refractivity contribution < 1.29 is 9.13 Å². The standard InChI is InChI=1S/C19H20FN3OS/c1-13-7-8-17(14(2)9-13)24-11-18-21-22-19(23(18)3)25-12-15-5-4-6-16(20)10-15/h4-10H,11-12H2,1-3H3. The first kappa shape index (κ1) is 17.5. The van der Waals surface area contributed by atoms with Crippen LogP contribution in [0.3, 0.4) is 0 Å². The molecule has 2 aromatic carbocycles. The van der Waals surface area contributed by atoms with Crippen molar-refractivity contribution in [1.82, 2.24) is 14.8 Å². The quantitative estimate of drug-likeness (QED) is 0.612. The predicted octanol–water partition coefficient (Wildman–Crippen LogP) is 4.44. The van der Waals surface area contributed by atoms with E-state index < -0.39 is 0 Å². The van der Waals surface area contributed by atoms with Crippen molar-refractivity contribution in [2.24, 2.45) is 7.05 Å². The van der Waals surface area contributed by atoms with Crippen molar-refractivity contribution in [1.29, 1.82) is 0 Å². The van der Waals surface area contributed by atoms with Crippen LogP contribution < -0.4 is 4.74 Å². The van der Waals surface area contributed by atoms with Crippen LogP contribution in [0, 0.1) is 19.7 Å². The van der Waals surface area contributed by atoms with E-state index in [0.29, 0.717) is 12.4 Å². The third-order valence-electron chi connectivity index (χ3n) is 3.87. The van der Waals surface area contributed by atoms with Crippen LogP contribution in [0.1, 0.15) is 22.5 Å². The van der Waals surface area contributed by atoms with E-state index in [9.17, 15) is 4.39 Å². The van der Waals surface area contributed by atoms with Crippen molar-refractivity contribution in [2.75, 3.05) is 0 Å². The minimum absolute atomic E-state index is 0.223. The summed E-state index contributed by atoms with van der Waals surface area (Å²) >= 11 is 1.52. The van der Waals surface area contributed by atoms with E-state index in [1.54, 1.807) is 6.07 Å². The molecule has 130 valence electrons. The largest absolute Gasteiger partial charge is 0.485 e. The third kappa shape index (κ3) is 4.39. The number of aromatic nitrogens is 3. The Labute approximate surface area is 151 Å². The molecule has 0 bridgehead atoms. The molecule has 0 atom stereocenters. The maximum absolute atomic E-state index is 13.2. The Kier molecular flexibility index (Phi) is 5.38. The number of halogens is 1. The number of nitrogens with zero attached hydrogens (tertiary/aromatic N) is 3. The number of hydrogen-bond acceptors (Lipinski definition) is 4. The number of hydrogen-bond donors (Lipinski definition) is 0. The van der Waals surface area contributed by atoms with Gasteiger partial charge in [0, 0.05) is 12.8 Å². The molecule has 0 saturated heterocycles. The molecule has 3 aromatic rings. The zero-order valence-corrected chi connectivity index (χ0v) is 15.3. The highest BCUT2D eigenvalue weighted by Gasteiger charge is 2.11. The Balaban J connectivity index is 1.62. The van der Waals surface area contributed by atoms with E-state index in [0.717, 1.165) is 27.9 Å². The second kappa shape index (κ2) is 7.70. The van der Waals surface area contributed by atoms with Gasteiger partial charge in [-0.1, -0.05) is 41.6 Å². The first-order valence-corrected chi connectivity index (χ1v) is 8.97. The summed E-state index contributed by atoms with van der Waals surface area (Å²) in [7, 11) is 1.91. The summed E-state index contributed by atoms with van der Waals surface area (Å²) in [5.74, 6) is 2.02. The summed E-state index contributed by atoms with van der Waals surface area (Å²) in [6.45, 7) is 4.44. The lowest BCUT2D eigenvalue weighted by Gasteiger charge is -2.09. The van der Waals surface area contributed by atoms with Crippen molar-refractivity contribution in [3.8, 4) is 5.75 Å². The number of benzene rings is 2. The van der Waals surface area contributed by atoms with E-state index in [2.05, 4.69) is 23.2 Å². The van der Waals surface area contributed by atoms with Crippen molar-refractivity contribution in [3.05, 3.63) is 70.8 Å². The molecule has 0 radical (unpaired) electrons. The van der Waals surface area contributed by atoms with Gasteiger partial charge in [0.15, 0.2) is 11.0 Å². The van der Waals surface area contributed by atoms with Gasteiger partial charge < -0.3 is 9.30 Å². The molecule has 0 aliphatic heterocycles. The SMILES string of the molecule is Cc1ccc(OCc2nnc(SCc3cccc(F)c3)n2C)c(C)c1. The van der Waals surface area contributed by atoms with Gasteiger partial charge in [-0.3, -0.25) is 0 Å². The molecule has 3 rings (SSSR count). The van der Waals surface area contributed by atoms with Crippen LogP contribution in [0.15, 0.2) is 47.6 Å². The van der Waals surface area contributed by atoms with E-state index >= 15 is 0 Å². The number of rotatable bonds is 6. The normalized spacial score (nSPS) is 10.9. The van der Waals surface area contributed by atoms with E-state index in [1.807, 2.05) is 36.7 Å². The molecule has 0 aliphatic rings. The Bertz CT molecular complexity index is 879. The zero-order chi connectivity index (χ0) is 17.8. The summed E-state index contributed by atoms with van der Waals surface area (Å²) in [6, 6.07) is 12.7. The molecule has 6 heteroatoms. The van der Waals surface area contributed by atoms with Gasteiger partial charge >= 0.3 is 0 Å². The first-order valence-electron chi connectivity index (χ1n) is 7.98. The molecule has 0 saturated carbocycles. The molecule has 4 nitrogen and oxygen atoms in total. The van der Waals surface area contributed by atoms with Gasteiger partial charge in [0.1, 0.15) is 18.2 Å². The molecule has 1 heterocycles. The van der Waals surface area contributed by atoms with Gasteiger partial charge in [-0.2, -0.15) is 0 Å². The Morgan fingerprint density at radius 3 is 2.72 bits per heavy atom. The van der Waals surface area contributed by atoms with Gasteiger partial charge in [-0.25, -0.2) is 4.39 Å². The van der Waals surface area contributed by atoms with Crippen LogP contribution in [-0.2, 0) is 19.4 Å². The molecule has 25 heavy (non-hydrogen) atoms. The maximum atomic E-state index is 13.2. The molecule has 0 aliphatic carbocycles. The number of ether oxygens (including phenoxy) is 1. The van der Waals surface area contributed by atoms with E-state index in [4.69, 9.17) is 4.74 Å². The monoisotopic (exact) mass is 357 g/mol. The van der Waals surface area contributed by atoms with Crippen LogP contribution in [0.5, 0.6) is 5.75 Å². The minimum Gasteiger partial charge on any atom is -0.485 e. The number of aryl methyl sites for hydroxylation is 2. The highest BCUT2D eigenvalue weighted by Crippen LogP contribution is 2.23. The summed E-state index contributed by atoms with van der Waals surface area (Å²) < 4.78 is 21.0. The van der Waals surface area contributed by atoms with Crippen LogP contribution in [0.2, 0.25) is 0 Å². The Morgan fingerprint density at radius 2 is 1.96 bits per heavy atom.